The average Bonchev–Trinajstić information content (AvgIpc) is 3.01. The number of hydrogen-bond donors (Lipinski definition) is 2. The molecule has 1 unspecified atom stereocenters. The summed E-state index contributed by atoms with van der Waals surface area (Å²) >= 11 is 5.84. The van der Waals surface area contributed by atoms with Crippen molar-refractivity contribution >= 4 is 35.1 Å². The number of aliphatic carboxylic acids is 1. The maximum Gasteiger partial charge on any atom is 0.326 e. The fraction of sp³-hybridized carbons (Fsp3) is 0.357. The highest BCUT2D eigenvalue weighted by Crippen LogP contribution is 2.26. The molecule has 1 atom stereocenters. The molecule has 9 nitrogen and oxygen atoms in total. The molecule has 0 aromatic heterocycles. The van der Waals surface area contributed by atoms with Crippen molar-refractivity contribution in [1.82, 2.24) is 10.2 Å². The molecule has 24 heavy (non-hydrogen) atoms. The van der Waals surface area contributed by atoms with Crippen LogP contribution in [0.4, 0.5) is 5.69 Å². The summed E-state index contributed by atoms with van der Waals surface area (Å²) in [6.45, 7) is -0.178. The summed E-state index contributed by atoms with van der Waals surface area (Å²) in [6, 6.07) is 2.88. The number of nitrogens with one attached hydrogen (secondary N) is 1. The number of rotatable bonds is 5. The van der Waals surface area contributed by atoms with Crippen LogP contribution >= 0.6 is 11.6 Å². The molecular formula is C14H14ClN3O6. The first kappa shape index (κ1) is 17.7. The van der Waals surface area contributed by atoms with Gasteiger partial charge >= 0.3 is 5.97 Å². The Morgan fingerprint density at radius 3 is 2.75 bits per heavy atom. The molecule has 1 aliphatic heterocycles. The maximum absolute atomic E-state index is 12.1. The Bertz CT molecular complexity index is 708. The second kappa shape index (κ2) is 7.26. The summed E-state index contributed by atoms with van der Waals surface area (Å²) in [6.07, 6.45) is 0.914. The van der Waals surface area contributed by atoms with E-state index in [1.165, 1.54) is 17.0 Å². The van der Waals surface area contributed by atoms with Crippen LogP contribution in [-0.4, -0.2) is 51.8 Å². The third-order valence-corrected chi connectivity index (χ3v) is 3.99. The van der Waals surface area contributed by atoms with Crippen molar-refractivity contribution < 1.29 is 24.4 Å². The fourth-order valence-electron chi connectivity index (χ4n) is 2.56. The van der Waals surface area contributed by atoms with Crippen molar-refractivity contribution in [3.05, 3.63) is 38.9 Å². The predicted octanol–water partition coefficient (Wildman–Crippen LogP) is 1.05. The average molecular weight is 356 g/mol. The van der Waals surface area contributed by atoms with Crippen LogP contribution in [0.2, 0.25) is 5.02 Å². The van der Waals surface area contributed by atoms with Gasteiger partial charge in [0.15, 0.2) is 0 Å². The largest absolute Gasteiger partial charge is 0.480 e. The van der Waals surface area contributed by atoms with Gasteiger partial charge in [0, 0.05) is 12.6 Å². The minimum absolute atomic E-state index is 0.112. The first-order valence-corrected chi connectivity index (χ1v) is 7.44. The monoisotopic (exact) mass is 355 g/mol. The van der Waals surface area contributed by atoms with E-state index in [-0.39, 0.29) is 17.1 Å². The number of benzene rings is 1. The van der Waals surface area contributed by atoms with E-state index in [9.17, 15) is 24.5 Å². The zero-order valence-corrected chi connectivity index (χ0v) is 13.2. The summed E-state index contributed by atoms with van der Waals surface area (Å²) in [5.41, 5.74) is -0.815. The molecule has 2 amide bonds. The van der Waals surface area contributed by atoms with Crippen LogP contribution in [0.3, 0.4) is 0 Å². The van der Waals surface area contributed by atoms with Crippen LogP contribution in [-0.2, 0) is 9.59 Å². The number of nitro benzene ring substituents is 1. The molecule has 1 fully saturated rings. The van der Waals surface area contributed by atoms with Crippen molar-refractivity contribution in [1.29, 1.82) is 0 Å². The van der Waals surface area contributed by atoms with Crippen LogP contribution in [0.5, 0.6) is 0 Å². The molecule has 1 saturated heterocycles. The lowest BCUT2D eigenvalue weighted by atomic mass is 10.1. The fourth-order valence-corrected chi connectivity index (χ4v) is 2.81. The van der Waals surface area contributed by atoms with Gasteiger partial charge in [-0.1, -0.05) is 17.7 Å². The van der Waals surface area contributed by atoms with Crippen LogP contribution in [0, 0.1) is 10.1 Å². The van der Waals surface area contributed by atoms with E-state index in [2.05, 4.69) is 5.32 Å². The zero-order chi connectivity index (χ0) is 17.9. The maximum atomic E-state index is 12.1. The number of amides is 2. The smallest absolute Gasteiger partial charge is 0.326 e. The highest BCUT2D eigenvalue weighted by atomic mass is 35.5. The summed E-state index contributed by atoms with van der Waals surface area (Å²) in [5, 5.41) is 22.2. The number of hydrogen-bond acceptors (Lipinski definition) is 5. The van der Waals surface area contributed by atoms with E-state index >= 15 is 0 Å². The van der Waals surface area contributed by atoms with E-state index in [1.807, 2.05) is 0 Å². The Morgan fingerprint density at radius 2 is 2.12 bits per heavy atom. The Morgan fingerprint density at radius 1 is 1.42 bits per heavy atom. The van der Waals surface area contributed by atoms with Gasteiger partial charge in [-0.25, -0.2) is 4.79 Å². The standard InChI is InChI=1S/C14H14ClN3O6/c15-8-3-1-4-9(18(23)24)12(8)13(20)16-7-11(19)17-6-2-5-10(17)14(21)22/h1,3-4,10H,2,5-7H2,(H,16,20)(H,21,22). The highest BCUT2D eigenvalue weighted by molar-refractivity contribution is 6.34. The van der Waals surface area contributed by atoms with E-state index in [0.29, 0.717) is 12.8 Å². The Kier molecular flexibility index (Phi) is 5.35. The molecule has 1 aromatic carbocycles. The number of halogens is 1. The molecule has 128 valence electrons. The molecule has 10 heteroatoms. The minimum Gasteiger partial charge on any atom is -0.480 e. The molecule has 0 bridgehead atoms. The third kappa shape index (κ3) is 3.62. The van der Waals surface area contributed by atoms with Gasteiger partial charge in [0.25, 0.3) is 11.6 Å². The number of carbonyl (C=O) groups is 3. The number of carboxylic acid groups (broad SMARTS) is 1. The number of likely N-dealkylation sites (tertiary alicyclic amines) is 1. The predicted molar refractivity (Wildman–Crippen MR) is 82.8 cm³/mol. The number of nitrogens with zero attached hydrogens (tertiary/aromatic N) is 2. The molecule has 0 radical (unpaired) electrons. The number of carbonyl (C=O) groups excluding carboxylic acids is 2. The topological polar surface area (TPSA) is 130 Å². The van der Waals surface area contributed by atoms with Gasteiger partial charge in [-0.15, -0.1) is 0 Å². The van der Waals surface area contributed by atoms with Crippen LogP contribution in [0.15, 0.2) is 18.2 Å². The van der Waals surface area contributed by atoms with E-state index < -0.39 is 41.0 Å². The number of nitro groups is 1. The van der Waals surface area contributed by atoms with Crippen molar-refractivity contribution in [2.24, 2.45) is 0 Å². The van der Waals surface area contributed by atoms with Crippen LogP contribution in [0.1, 0.15) is 23.2 Å². The lowest BCUT2D eigenvalue weighted by Gasteiger charge is -2.21. The molecule has 1 heterocycles. The van der Waals surface area contributed by atoms with Gasteiger partial charge < -0.3 is 15.3 Å². The van der Waals surface area contributed by atoms with E-state index in [1.54, 1.807) is 0 Å². The molecule has 0 spiro atoms. The molecule has 2 rings (SSSR count). The molecule has 0 saturated carbocycles. The quantitative estimate of drug-likeness (QED) is 0.599. The third-order valence-electron chi connectivity index (χ3n) is 3.67. The number of carboxylic acids is 1. The summed E-state index contributed by atoms with van der Waals surface area (Å²) in [5.74, 6) is -2.54. The first-order valence-electron chi connectivity index (χ1n) is 7.06. The van der Waals surface area contributed by atoms with E-state index in [4.69, 9.17) is 16.7 Å². The molecule has 0 aliphatic carbocycles. The first-order chi connectivity index (χ1) is 11.3. The van der Waals surface area contributed by atoms with Crippen LogP contribution < -0.4 is 5.32 Å². The van der Waals surface area contributed by atoms with Crippen molar-refractivity contribution in [2.75, 3.05) is 13.1 Å². The van der Waals surface area contributed by atoms with Crippen LogP contribution in [0.25, 0.3) is 0 Å². The van der Waals surface area contributed by atoms with Gasteiger partial charge in [-0.05, 0) is 18.9 Å². The molecular weight excluding hydrogens is 342 g/mol. The Labute approximate surface area is 141 Å². The molecule has 1 aromatic rings. The van der Waals surface area contributed by atoms with Crippen molar-refractivity contribution in [3.8, 4) is 0 Å². The van der Waals surface area contributed by atoms with Gasteiger partial charge in [0.2, 0.25) is 5.91 Å². The zero-order valence-electron chi connectivity index (χ0n) is 12.4. The summed E-state index contributed by atoms with van der Waals surface area (Å²) in [4.78, 5) is 46.7. The molecule has 2 N–H and O–H groups in total. The minimum atomic E-state index is -1.10. The molecule has 1 aliphatic rings. The van der Waals surface area contributed by atoms with E-state index in [0.717, 1.165) is 6.07 Å². The second-order valence-corrected chi connectivity index (χ2v) is 5.56. The van der Waals surface area contributed by atoms with Crippen molar-refractivity contribution in [3.63, 3.8) is 0 Å². The lowest BCUT2D eigenvalue weighted by Crippen LogP contribution is -2.45. The Hall–Kier alpha value is -2.68. The Balaban J connectivity index is 2.08. The highest BCUT2D eigenvalue weighted by Gasteiger charge is 2.34. The summed E-state index contributed by atoms with van der Waals surface area (Å²) in [7, 11) is 0. The van der Waals surface area contributed by atoms with Gasteiger partial charge in [-0.2, -0.15) is 0 Å². The van der Waals surface area contributed by atoms with Gasteiger partial charge in [-0.3, -0.25) is 19.7 Å². The second-order valence-electron chi connectivity index (χ2n) is 5.16. The van der Waals surface area contributed by atoms with Gasteiger partial charge in [0.1, 0.15) is 11.6 Å². The summed E-state index contributed by atoms with van der Waals surface area (Å²) < 4.78 is 0. The van der Waals surface area contributed by atoms with Gasteiger partial charge in [0.05, 0.1) is 16.5 Å². The SMILES string of the molecule is O=C(NCC(=O)N1CCCC1C(=O)O)c1c(Cl)cccc1[N+](=O)[O-]. The van der Waals surface area contributed by atoms with Crippen molar-refractivity contribution in [2.45, 2.75) is 18.9 Å². The normalized spacial score (nSPS) is 16.7. The lowest BCUT2D eigenvalue weighted by molar-refractivity contribution is -0.385.